The summed E-state index contributed by atoms with van der Waals surface area (Å²) >= 11 is 5.88. The summed E-state index contributed by atoms with van der Waals surface area (Å²) < 4.78 is 9.54. The van der Waals surface area contributed by atoms with Crippen molar-refractivity contribution >= 4 is 23.4 Å². The highest BCUT2D eigenvalue weighted by Crippen LogP contribution is 2.22. The number of ether oxygens (including phenoxy) is 2. The van der Waals surface area contributed by atoms with Crippen LogP contribution in [-0.4, -0.2) is 25.5 Å². The molecule has 0 saturated heterocycles. The smallest absolute Gasteiger partial charge is 0.303 e. The number of ketones is 1. The molecule has 0 atom stereocenters. The van der Waals surface area contributed by atoms with Crippen LogP contribution in [0.2, 0.25) is 5.02 Å². The summed E-state index contributed by atoms with van der Waals surface area (Å²) in [6.45, 7) is 0.935. The first-order chi connectivity index (χ1) is 7.54. The molecular weight excluding hydrogens is 232 g/mol. The van der Waals surface area contributed by atoms with E-state index in [2.05, 4.69) is 4.74 Å². The second-order valence-electron chi connectivity index (χ2n) is 3.05. The van der Waals surface area contributed by atoms with Gasteiger partial charge >= 0.3 is 5.97 Å². The summed E-state index contributed by atoms with van der Waals surface area (Å²) in [4.78, 5) is 22.1. The molecule has 4 nitrogen and oxygen atoms in total. The lowest BCUT2D eigenvalue weighted by atomic mass is 10.1. The molecule has 0 aliphatic rings. The van der Waals surface area contributed by atoms with Crippen molar-refractivity contribution in [2.75, 3.05) is 13.7 Å². The SMILES string of the molecule is COc1ccc(C(=O)COC(C)=O)c(Cl)c1. The molecule has 0 aliphatic heterocycles. The Bertz CT molecular complexity index is 414. The van der Waals surface area contributed by atoms with Gasteiger partial charge in [0.15, 0.2) is 6.61 Å². The fraction of sp³-hybridized carbons (Fsp3) is 0.273. The predicted octanol–water partition coefficient (Wildman–Crippen LogP) is 2.09. The predicted molar refractivity (Wildman–Crippen MR) is 59.0 cm³/mol. The zero-order valence-corrected chi connectivity index (χ0v) is 9.71. The molecule has 0 aromatic heterocycles. The van der Waals surface area contributed by atoms with Crippen LogP contribution >= 0.6 is 11.6 Å². The maximum Gasteiger partial charge on any atom is 0.303 e. The van der Waals surface area contributed by atoms with Gasteiger partial charge in [-0.1, -0.05) is 11.6 Å². The van der Waals surface area contributed by atoms with Crippen molar-refractivity contribution in [3.05, 3.63) is 28.8 Å². The Balaban J connectivity index is 2.79. The third-order valence-corrected chi connectivity index (χ3v) is 2.20. The van der Waals surface area contributed by atoms with Crippen LogP contribution < -0.4 is 4.74 Å². The fourth-order valence-corrected chi connectivity index (χ4v) is 1.37. The molecule has 0 spiro atoms. The Kier molecular flexibility index (Phi) is 4.31. The van der Waals surface area contributed by atoms with Crippen LogP contribution in [-0.2, 0) is 9.53 Å². The zero-order valence-electron chi connectivity index (χ0n) is 8.95. The van der Waals surface area contributed by atoms with E-state index in [0.717, 1.165) is 0 Å². The molecule has 0 heterocycles. The molecule has 5 heteroatoms. The number of halogens is 1. The Hall–Kier alpha value is -1.55. The number of carbonyl (C=O) groups excluding carboxylic acids is 2. The van der Waals surface area contributed by atoms with Crippen LogP contribution in [0, 0.1) is 0 Å². The van der Waals surface area contributed by atoms with E-state index in [9.17, 15) is 9.59 Å². The molecule has 0 aliphatic carbocycles. The molecule has 0 fully saturated rings. The third-order valence-electron chi connectivity index (χ3n) is 1.88. The van der Waals surface area contributed by atoms with Crippen LogP contribution in [0.1, 0.15) is 17.3 Å². The van der Waals surface area contributed by atoms with Crippen molar-refractivity contribution < 1.29 is 19.1 Å². The average molecular weight is 243 g/mol. The topological polar surface area (TPSA) is 52.6 Å². The lowest BCUT2D eigenvalue weighted by molar-refractivity contribution is -0.139. The van der Waals surface area contributed by atoms with E-state index in [1.165, 1.54) is 26.2 Å². The third kappa shape index (κ3) is 3.24. The Morgan fingerprint density at radius 2 is 2.06 bits per heavy atom. The van der Waals surface area contributed by atoms with Gasteiger partial charge in [0, 0.05) is 12.5 Å². The molecular formula is C11H11ClO4. The van der Waals surface area contributed by atoms with Gasteiger partial charge in [0.05, 0.1) is 12.1 Å². The van der Waals surface area contributed by atoms with E-state index >= 15 is 0 Å². The van der Waals surface area contributed by atoms with E-state index in [1.807, 2.05) is 0 Å². The molecule has 1 rings (SSSR count). The monoisotopic (exact) mass is 242 g/mol. The van der Waals surface area contributed by atoms with Crippen LogP contribution in [0.5, 0.6) is 5.75 Å². The first-order valence-electron chi connectivity index (χ1n) is 4.54. The average Bonchev–Trinajstić information content (AvgIpc) is 2.25. The van der Waals surface area contributed by atoms with Crippen molar-refractivity contribution in [3.63, 3.8) is 0 Å². The summed E-state index contributed by atoms with van der Waals surface area (Å²) in [5.41, 5.74) is 0.309. The van der Waals surface area contributed by atoms with E-state index < -0.39 is 5.97 Å². The number of Topliss-reactive ketones (excluding diaryl/α,β-unsaturated/α-hetero) is 1. The number of hydrogen-bond acceptors (Lipinski definition) is 4. The second-order valence-corrected chi connectivity index (χ2v) is 3.46. The zero-order chi connectivity index (χ0) is 12.1. The van der Waals surface area contributed by atoms with Gasteiger partial charge in [-0.05, 0) is 18.2 Å². The van der Waals surface area contributed by atoms with Gasteiger partial charge in [-0.3, -0.25) is 9.59 Å². The van der Waals surface area contributed by atoms with Gasteiger partial charge in [-0.2, -0.15) is 0 Å². The largest absolute Gasteiger partial charge is 0.497 e. The summed E-state index contributed by atoms with van der Waals surface area (Å²) in [6.07, 6.45) is 0. The van der Waals surface area contributed by atoms with Crippen molar-refractivity contribution in [3.8, 4) is 5.75 Å². The Morgan fingerprint density at radius 3 is 2.56 bits per heavy atom. The number of methoxy groups -OCH3 is 1. The molecule has 1 aromatic rings. The highest BCUT2D eigenvalue weighted by atomic mass is 35.5. The lowest BCUT2D eigenvalue weighted by Crippen LogP contribution is -2.12. The fourth-order valence-electron chi connectivity index (χ4n) is 1.09. The van der Waals surface area contributed by atoms with Gasteiger partial charge in [0.1, 0.15) is 5.75 Å². The highest BCUT2D eigenvalue weighted by Gasteiger charge is 2.12. The Morgan fingerprint density at radius 1 is 1.38 bits per heavy atom. The van der Waals surface area contributed by atoms with Gasteiger partial charge in [0.25, 0.3) is 0 Å². The molecule has 1 aromatic carbocycles. The summed E-state index contributed by atoms with van der Waals surface area (Å²) in [7, 11) is 1.51. The minimum atomic E-state index is -0.502. The maximum atomic E-state index is 11.6. The van der Waals surface area contributed by atoms with E-state index in [-0.39, 0.29) is 17.4 Å². The molecule has 0 radical (unpaired) electrons. The van der Waals surface area contributed by atoms with Gasteiger partial charge in [-0.15, -0.1) is 0 Å². The quantitative estimate of drug-likeness (QED) is 0.599. The minimum Gasteiger partial charge on any atom is -0.497 e. The van der Waals surface area contributed by atoms with Gasteiger partial charge < -0.3 is 9.47 Å². The first-order valence-corrected chi connectivity index (χ1v) is 4.92. The molecule has 86 valence electrons. The van der Waals surface area contributed by atoms with Gasteiger partial charge in [-0.25, -0.2) is 0 Å². The molecule has 0 amide bonds. The second kappa shape index (κ2) is 5.51. The minimum absolute atomic E-state index is 0.275. The summed E-state index contributed by atoms with van der Waals surface area (Å²) in [5.74, 6) is -0.283. The molecule has 0 unspecified atom stereocenters. The van der Waals surface area contributed by atoms with Gasteiger partial charge in [0.2, 0.25) is 5.78 Å². The van der Waals surface area contributed by atoms with E-state index in [1.54, 1.807) is 6.07 Å². The van der Waals surface area contributed by atoms with Crippen LogP contribution in [0.3, 0.4) is 0 Å². The molecule has 0 saturated carbocycles. The maximum absolute atomic E-state index is 11.6. The van der Waals surface area contributed by atoms with Crippen LogP contribution in [0.4, 0.5) is 0 Å². The van der Waals surface area contributed by atoms with Crippen molar-refractivity contribution in [1.29, 1.82) is 0 Å². The number of carbonyl (C=O) groups is 2. The highest BCUT2D eigenvalue weighted by molar-refractivity contribution is 6.34. The number of esters is 1. The van der Waals surface area contributed by atoms with Crippen molar-refractivity contribution in [2.24, 2.45) is 0 Å². The Labute approximate surface area is 98.1 Å². The first kappa shape index (κ1) is 12.5. The number of benzene rings is 1. The van der Waals surface area contributed by atoms with Crippen molar-refractivity contribution in [1.82, 2.24) is 0 Å². The summed E-state index contributed by atoms with van der Waals surface area (Å²) in [6, 6.07) is 4.68. The molecule has 16 heavy (non-hydrogen) atoms. The number of hydrogen-bond donors (Lipinski definition) is 0. The lowest BCUT2D eigenvalue weighted by Gasteiger charge is -2.05. The number of rotatable bonds is 4. The summed E-state index contributed by atoms with van der Waals surface area (Å²) in [5, 5.41) is 0.275. The van der Waals surface area contributed by atoms with Crippen LogP contribution in [0.15, 0.2) is 18.2 Å². The van der Waals surface area contributed by atoms with E-state index in [4.69, 9.17) is 16.3 Å². The molecule has 0 N–H and O–H groups in total. The van der Waals surface area contributed by atoms with E-state index in [0.29, 0.717) is 11.3 Å². The van der Waals surface area contributed by atoms with Crippen molar-refractivity contribution in [2.45, 2.75) is 6.92 Å². The van der Waals surface area contributed by atoms with Crippen LogP contribution in [0.25, 0.3) is 0 Å². The standard InChI is InChI=1S/C11H11ClO4/c1-7(13)16-6-11(14)9-4-3-8(15-2)5-10(9)12/h3-5H,6H2,1-2H3. The normalized spacial score (nSPS) is 9.69. The molecule has 0 bridgehead atoms.